The second-order valence-electron chi connectivity index (χ2n) is 5.47. The summed E-state index contributed by atoms with van der Waals surface area (Å²) in [4.78, 5) is 17.6. The van der Waals surface area contributed by atoms with Gasteiger partial charge in [0.05, 0.1) is 10.5 Å². The van der Waals surface area contributed by atoms with Crippen LogP contribution in [0.2, 0.25) is 0 Å². The van der Waals surface area contributed by atoms with Crippen molar-refractivity contribution in [1.82, 2.24) is 4.90 Å². The summed E-state index contributed by atoms with van der Waals surface area (Å²) < 4.78 is 0. The number of likely N-dealkylation sites (tertiary alicyclic amines) is 1. The SMILES string of the molecule is Cl.O=[N+]([O-])c1ccccc1/C(Cl)=N/OCC(O)CN1CCCCC1. The lowest BCUT2D eigenvalue weighted by Gasteiger charge is -2.27. The van der Waals surface area contributed by atoms with Crippen LogP contribution in [0.3, 0.4) is 0 Å². The second-order valence-corrected chi connectivity index (χ2v) is 5.83. The number of halogens is 2. The number of hydrogen-bond acceptors (Lipinski definition) is 6. The molecule has 9 heteroatoms. The third kappa shape index (κ3) is 6.24. The van der Waals surface area contributed by atoms with E-state index in [2.05, 4.69) is 10.1 Å². The number of rotatable bonds is 7. The number of aliphatic hydroxyl groups is 1. The Morgan fingerprint density at radius 2 is 2.04 bits per heavy atom. The molecule has 134 valence electrons. The van der Waals surface area contributed by atoms with Gasteiger partial charge in [-0.1, -0.05) is 35.3 Å². The first kappa shape index (κ1) is 20.6. The van der Waals surface area contributed by atoms with Crippen molar-refractivity contribution in [2.45, 2.75) is 25.4 Å². The smallest absolute Gasteiger partial charge is 0.279 e. The van der Waals surface area contributed by atoms with Gasteiger partial charge in [-0.2, -0.15) is 0 Å². The van der Waals surface area contributed by atoms with Crippen molar-refractivity contribution in [2.24, 2.45) is 5.16 Å². The van der Waals surface area contributed by atoms with E-state index in [-0.39, 0.29) is 35.4 Å². The van der Waals surface area contributed by atoms with Gasteiger partial charge in [-0.15, -0.1) is 12.4 Å². The van der Waals surface area contributed by atoms with Crippen molar-refractivity contribution < 1.29 is 14.9 Å². The van der Waals surface area contributed by atoms with Crippen LogP contribution in [0.15, 0.2) is 29.4 Å². The third-order valence-corrected chi connectivity index (χ3v) is 3.92. The number of para-hydroxylation sites is 1. The molecular formula is C15H21Cl2N3O4. The van der Waals surface area contributed by atoms with Crippen molar-refractivity contribution >= 4 is 34.9 Å². The molecule has 0 saturated carbocycles. The summed E-state index contributed by atoms with van der Waals surface area (Å²) in [6, 6.07) is 6.02. The van der Waals surface area contributed by atoms with E-state index in [1.54, 1.807) is 12.1 Å². The molecule has 1 saturated heterocycles. The highest BCUT2D eigenvalue weighted by Gasteiger charge is 2.18. The lowest BCUT2D eigenvalue weighted by molar-refractivity contribution is -0.385. The molecule has 0 aliphatic carbocycles. The molecule has 0 spiro atoms. The zero-order valence-electron chi connectivity index (χ0n) is 13.1. The maximum atomic E-state index is 10.9. The molecule has 0 aromatic heterocycles. The Kier molecular flexibility index (Phi) is 8.99. The number of oxime groups is 1. The lowest BCUT2D eigenvalue weighted by Crippen LogP contribution is -2.38. The number of nitrogens with zero attached hydrogens (tertiary/aromatic N) is 3. The van der Waals surface area contributed by atoms with E-state index in [4.69, 9.17) is 16.4 Å². The average molecular weight is 378 g/mol. The molecule has 1 unspecified atom stereocenters. The maximum absolute atomic E-state index is 10.9. The van der Waals surface area contributed by atoms with Crippen molar-refractivity contribution in [3.05, 3.63) is 39.9 Å². The lowest BCUT2D eigenvalue weighted by atomic mass is 10.1. The molecule has 2 rings (SSSR count). The number of nitro groups is 1. The normalized spacial score (nSPS) is 17.0. The van der Waals surface area contributed by atoms with Gasteiger partial charge in [-0.25, -0.2) is 0 Å². The van der Waals surface area contributed by atoms with Crippen LogP contribution in [0.5, 0.6) is 0 Å². The van der Waals surface area contributed by atoms with Gasteiger partial charge in [0, 0.05) is 12.6 Å². The maximum Gasteiger partial charge on any atom is 0.279 e. The fourth-order valence-electron chi connectivity index (χ4n) is 2.53. The van der Waals surface area contributed by atoms with E-state index in [1.807, 2.05) is 0 Å². The highest BCUT2D eigenvalue weighted by Crippen LogP contribution is 2.20. The first-order chi connectivity index (χ1) is 11.1. The number of aliphatic hydroxyl groups excluding tert-OH is 1. The molecule has 1 aromatic carbocycles. The Labute approximate surface area is 151 Å². The van der Waals surface area contributed by atoms with Crippen molar-refractivity contribution in [3.63, 3.8) is 0 Å². The summed E-state index contributed by atoms with van der Waals surface area (Å²) in [7, 11) is 0. The summed E-state index contributed by atoms with van der Waals surface area (Å²) in [6.45, 7) is 2.49. The van der Waals surface area contributed by atoms with Gasteiger partial charge in [0.1, 0.15) is 12.7 Å². The molecule has 1 fully saturated rings. The summed E-state index contributed by atoms with van der Waals surface area (Å²) in [5.74, 6) is 0. The predicted octanol–water partition coefficient (Wildman–Crippen LogP) is 2.78. The summed E-state index contributed by atoms with van der Waals surface area (Å²) in [6.07, 6.45) is 2.86. The topological polar surface area (TPSA) is 88.2 Å². The molecule has 1 atom stereocenters. The first-order valence-corrected chi connectivity index (χ1v) is 7.95. The predicted molar refractivity (Wildman–Crippen MR) is 95.0 cm³/mol. The fourth-order valence-corrected chi connectivity index (χ4v) is 2.74. The molecular weight excluding hydrogens is 357 g/mol. The van der Waals surface area contributed by atoms with Gasteiger partial charge in [0.2, 0.25) is 0 Å². The van der Waals surface area contributed by atoms with Crippen LogP contribution in [-0.4, -0.2) is 52.4 Å². The van der Waals surface area contributed by atoms with Crippen LogP contribution >= 0.6 is 24.0 Å². The van der Waals surface area contributed by atoms with E-state index in [9.17, 15) is 15.2 Å². The van der Waals surface area contributed by atoms with Crippen LogP contribution in [0.25, 0.3) is 0 Å². The average Bonchev–Trinajstić information content (AvgIpc) is 2.55. The summed E-state index contributed by atoms with van der Waals surface area (Å²) >= 11 is 5.96. The zero-order chi connectivity index (χ0) is 16.7. The Morgan fingerprint density at radius 3 is 2.71 bits per heavy atom. The summed E-state index contributed by atoms with van der Waals surface area (Å²) in [5.41, 5.74) is 0.0448. The molecule has 0 amide bonds. The van der Waals surface area contributed by atoms with Gasteiger partial charge in [0.15, 0.2) is 5.17 Å². The minimum Gasteiger partial charge on any atom is -0.392 e. The van der Waals surface area contributed by atoms with Crippen LogP contribution in [0, 0.1) is 10.1 Å². The molecule has 1 heterocycles. The fraction of sp³-hybridized carbons (Fsp3) is 0.533. The third-order valence-electron chi connectivity index (χ3n) is 3.65. The van der Waals surface area contributed by atoms with Crippen LogP contribution in [0.1, 0.15) is 24.8 Å². The van der Waals surface area contributed by atoms with Crippen LogP contribution in [-0.2, 0) is 4.84 Å². The van der Waals surface area contributed by atoms with E-state index in [0.717, 1.165) is 25.9 Å². The van der Waals surface area contributed by atoms with E-state index >= 15 is 0 Å². The molecule has 7 nitrogen and oxygen atoms in total. The largest absolute Gasteiger partial charge is 0.392 e. The Morgan fingerprint density at radius 1 is 1.38 bits per heavy atom. The molecule has 1 N–H and O–H groups in total. The van der Waals surface area contributed by atoms with Gasteiger partial charge in [-0.3, -0.25) is 10.1 Å². The highest BCUT2D eigenvalue weighted by molar-refractivity contribution is 6.69. The van der Waals surface area contributed by atoms with Gasteiger partial charge in [0.25, 0.3) is 5.69 Å². The number of β-amino-alcohol motifs (C(OH)–C–C–N with tert-alkyl or cyclic N) is 1. The Hall–Kier alpha value is -1.41. The zero-order valence-corrected chi connectivity index (χ0v) is 14.7. The van der Waals surface area contributed by atoms with E-state index in [0.29, 0.717) is 6.54 Å². The van der Waals surface area contributed by atoms with Gasteiger partial charge < -0.3 is 14.8 Å². The quantitative estimate of drug-likeness (QED) is 0.448. The molecule has 1 aliphatic rings. The number of piperidine rings is 1. The minimum atomic E-state index is -0.674. The van der Waals surface area contributed by atoms with Crippen molar-refractivity contribution in [2.75, 3.05) is 26.2 Å². The monoisotopic (exact) mass is 377 g/mol. The Bertz CT molecular complexity index is 565. The van der Waals surface area contributed by atoms with Gasteiger partial charge >= 0.3 is 0 Å². The highest BCUT2D eigenvalue weighted by atomic mass is 35.5. The van der Waals surface area contributed by atoms with E-state index < -0.39 is 11.0 Å². The Balaban J connectivity index is 0.00000288. The second kappa shape index (κ2) is 10.5. The van der Waals surface area contributed by atoms with Crippen LogP contribution in [0.4, 0.5) is 5.69 Å². The van der Waals surface area contributed by atoms with Crippen molar-refractivity contribution in [1.29, 1.82) is 0 Å². The number of benzene rings is 1. The molecule has 0 bridgehead atoms. The molecule has 1 aliphatic heterocycles. The minimum absolute atomic E-state index is 0. The number of nitro benzene ring substituents is 1. The number of hydrogen-bond donors (Lipinski definition) is 1. The molecule has 1 aromatic rings. The molecule has 24 heavy (non-hydrogen) atoms. The standard InChI is InChI=1S/C15H20ClN3O4.ClH/c16-15(13-6-2-3-7-14(13)19(21)22)17-23-11-12(20)10-18-8-4-1-5-9-18;/h2-3,6-7,12,20H,1,4-5,8-11H2;1H/b17-15-;. The first-order valence-electron chi connectivity index (χ1n) is 7.57. The van der Waals surface area contributed by atoms with Crippen LogP contribution < -0.4 is 0 Å². The van der Waals surface area contributed by atoms with E-state index in [1.165, 1.54) is 18.6 Å². The van der Waals surface area contributed by atoms with Gasteiger partial charge in [-0.05, 0) is 32.0 Å². The van der Waals surface area contributed by atoms with Crippen molar-refractivity contribution in [3.8, 4) is 0 Å². The molecule has 0 radical (unpaired) electrons. The summed E-state index contributed by atoms with van der Waals surface area (Å²) in [5, 5.41) is 24.4.